The van der Waals surface area contributed by atoms with Gasteiger partial charge in [0.25, 0.3) is 0 Å². The fourth-order valence-electron chi connectivity index (χ4n) is 1.37. The smallest absolute Gasteiger partial charge is 0.152 e. The SMILES string of the molecule is NC1=CCC(N)(c2ncccn2)C=C1. The molecule has 0 aromatic carbocycles. The molecule has 1 unspecified atom stereocenters. The minimum atomic E-state index is -0.607. The van der Waals surface area contributed by atoms with E-state index in [0.29, 0.717) is 12.2 Å². The Morgan fingerprint density at radius 3 is 2.57 bits per heavy atom. The first-order valence-electron chi connectivity index (χ1n) is 4.42. The quantitative estimate of drug-likeness (QED) is 0.670. The third kappa shape index (κ3) is 1.52. The van der Waals surface area contributed by atoms with Gasteiger partial charge in [0.1, 0.15) is 0 Å². The highest BCUT2D eigenvalue weighted by Crippen LogP contribution is 2.24. The van der Waals surface area contributed by atoms with E-state index in [-0.39, 0.29) is 0 Å². The average molecular weight is 188 g/mol. The van der Waals surface area contributed by atoms with Gasteiger partial charge in [-0.05, 0) is 18.6 Å². The molecule has 0 bridgehead atoms. The van der Waals surface area contributed by atoms with Crippen LogP contribution in [0.5, 0.6) is 0 Å². The second-order valence-corrected chi connectivity index (χ2v) is 3.35. The van der Waals surface area contributed by atoms with Crippen molar-refractivity contribution >= 4 is 0 Å². The molecule has 0 spiro atoms. The fraction of sp³-hybridized carbons (Fsp3) is 0.200. The lowest BCUT2D eigenvalue weighted by molar-refractivity contribution is 0.522. The predicted octanol–water partition coefficient (Wildman–Crippen LogP) is 0.433. The van der Waals surface area contributed by atoms with E-state index in [1.54, 1.807) is 24.5 Å². The molecular formula is C10H12N4. The van der Waals surface area contributed by atoms with Crippen molar-refractivity contribution in [2.75, 3.05) is 0 Å². The van der Waals surface area contributed by atoms with Crippen molar-refractivity contribution in [2.45, 2.75) is 12.0 Å². The summed E-state index contributed by atoms with van der Waals surface area (Å²) in [5, 5.41) is 0. The van der Waals surface area contributed by atoms with Crippen LogP contribution in [0, 0.1) is 0 Å². The van der Waals surface area contributed by atoms with Crippen LogP contribution in [0.25, 0.3) is 0 Å². The molecular weight excluding hydrogens is 176 g/mol. The van der Waals surface area contributed by atoms with Gasteiger partial charge >= 0.3 is 0 Å². The van der Waals surface area contributed by atoms with Gasteiger partial charge in [-0.3, -0.25) is 0 Å². The standard InChI is InChI=1S/C10H12N4/c11-8-2-4-10(12,5-3-8)9-13-6-1-7-14-9/h1-4,6-7H,5,11-12H2. The maximum atomic E-state index is 6.13. The van der Waals surface area contributed by atoms with Crippen molar-refractivity contribution in [3.05, 3.63) is 48.2 Å². The molecule has 1 aliphatic carbocycles. The molecule has 1 atom stereocenters. The van der Waals surface area contributed by atoms with Gasteiger partial charge in [0.05, 0.1) is 5.54 Å². The summed E-state index contributed by atoms with van der Waals surface area (Å²) < 4.78 is 0. The van der Waals surface area contributed by atoms with Crippen molar-refractivity contribution < 1.29 is 0 Å². The minimum absolute atomic E-state index is 0.607. The van der Waals surface area contributed by atoms with E-state index in [1.807, 2.05) is 12.2 Å². The highest BCUT2D eigenvalue weighted by molar-refractivity contribution is 5.30. The van der Waals surface area contributed by atoms with Crippen LogP contribution in [0.15, 0.2) is 42.4 Å². The molecule has 4 heteroatoms. The second kappa shape index (κ2) is 3.23. The first kappa shape index (κ1) is 8.90. The van der Waals surface area contributed by atoms with Gasteiger partial charge < -0.3 is 11.5 Å². The highest BCUT2D eigenvalue weighted by atomic mass is 14.9. The summed E-state index contributed by atoms with van der Waals surface area (Å²) in [4.78, 5) is 8.28. The molecule has 72 valence electrons. The van der Waals surface area contributed by atoms with Gasteiger partial charge in [0.2, 0.25) is 0 Å². The van der Waals surface area contributed by atoms with Crippen molar-refractivity contribution in [2.24, 2.45) is 11.5 Å². The number of rotatable bonds is 1. The summed E-state index contributed by atoms with van der Waals surface area (Å²) in [6.07, 6.45) is 9.53. The van der Waals surface area contributed by atoms with Crippen molar-refractivity contribution in [1.82, 2.24) is 9.97 Å². The molecule has 0 aliphatic heterocycles. The maximum Gasteiger partial charge on any atom is 0.152 e. The Hall–Kier alpha value is -1.68. The molecule has 0 radical (unpaired) electrons. The molecule has 4 N–H and O–H groups in total. The number of allylic oxidation sites excluding steroid dienone is 1. The summed E-state index contributed by atoms with van der Waals surface area (Å²) >= 11 is 0. The lowest BCUT2D eigenvalue weighted by atomic mass is 9.90. The van der Waals surface area contributed by atoms with E-state index < -0.39 is 5.54 Å². The van der Waals surface area contributed by atoms with Gasteiger partial charge in [-0.25, -0.2) is 9.97 Å². The maximum absolute atomic E-state index is 6.13. The topological polar surface area (TPSA) is 77.8 Å². The fourth-order valence-corrected chi connectivity index (χ4v) is 1.37. The number of nitrogens with two attached hydrogens (primary N) is 2. The van der Waals surface area contributed by atoms with Gasteiger partial charge in [0, 0.05) is 18.1 Å². The molecule has 0 saturated heterocycles. The second-order valence-electron chi connectivity index (χ2n) is 3.35. The van der Waals surface area contributed by atoms with Crippen LogP contribution < -0.4 is 11.5 Å². The van der Waals surface area contributed by atoms with Crippen molar-refractivity contribution in [3.63, 3.8) is 0 Å². The van der Waals surface area contributed by atoms with E-state index in [4.69, 9.17) is 11.5 Å². The van der Waals surface area contributed by atoms with Gasteiger partial charge in [-0.2, -0.15) is 0 Å². The summed E-state index contributed by atoms with van der Waals surface area (Å²) in [5.41, 5.74) is 11.9. The van der Waals surface area contributed by atoms with Gasteiger partial charge in [-0.1, -0.05) is 12.2 Å². The predicted molar refractivity (Wildman–Crippen MR) is 53.9 cm³/mol. The van der Waals surface area contributed by atoms with Crippen LogP contribution in [0.4, 0.5) is 0 Å². The summed E-state index contributed by atoms with van der Waals surface area (Å²) in [6.45, 7) is 0. The molecule has 2 rings (SSSR count). The highest BCUT2D eigenvalue weighted by Gasteiger charge is 2.27. The molecule has 1 aliphatic rings. The van der Waals surface area contributed by atoms with Crippen LogP contribution in [0.2, 0.25) is 0 Å². The third-order valence-corrected chi connectivity index (χ3v) is 2.23. The largest absolute Gasteiger partial charge is 0.399 e. The Bertz CT molecular complexity index is 382. The molecule has 1 aromatic rings. The lowest BCUT2D eigenvalue weighted by Gasteiger charge is -2.25. The lowest BCUT2D eigenvalue weighted by Crippen LogP contribution is -2.37. The molecule has 0 fully saturated rings. The zero-order valence-electron chi connectivity index (χ0n) is 7.72. The Morgan fingerprint density at radius 2 is 2.00 bits per heavy atom. The van der Waals surface area contributed by atoms with Gasteiger partial charge in [-0.15, -0.1) is 0 Å². The first-order chi connectivity index (χ1) is 6.71. The van der Waals surface area contributed by atoms with E-state index in [0.717, 1.165) is 5.70 Å². The van der Waals surface area contributed by atoms with E-state index in [1.165, 1.54) is 0 Å². The number of aromatic nitrogens is 2. The van der Waals surface area contributed by atoms with E-state index >= 15 is 0 Å². The summed E-state index contributed by atoms with van der Waals surface area (Å²) in [7, 11) is 0. The van der Waals surface area contributed by atoms with E-state index in [2.05, 4.69) is 9.97 Å². The van der Waals surface area contributed by atoms with Gasteiger partial charge in [0.15, 0.2) is 5.82 Å². The van der Waals surface area contributed by atoms with E-state index in [9.17, 15) is 0 Å². The Kier molecular flexibility index (Phi) is 2.05. The number of nitrogens with zero attached hydrogens (tertiary/aromatic N) is 2. The average Bonchev–Trinajstić information content (AvgIpc) is 2.24. The normalized spacial score (nSPS) is 25.9. The number of hydrogen-bond donors (Lipinski definition) is 2. The van der Waals surface area contributed by atoms with Crippen LogP contribution in [0.3, 0.4) is 0 Å². The van der Waals surface area contributed by atoms with Crippen molar-refractivity contribution in [1.29, 1.82) is 0 Å². The van der Waals surface area contributed by atoms with Crippen LogP contribution in [0.1, 0.15) is 12.2 Å². The van der Waals surface area contributed by atoms with Crippen LogP contribution >= 0.6 is 0 Å². The van der Waals surface area contributed by atoms with Crippen LogP contribution in [-0.4, -0.2) is 9.97 Å². The zero-order valence-corrected chi connectivity index (χ0v) is 7.72. The Balaban J connectivity index is 2.32. The molecule has 1 heterocycles. The Labute approximate surface area is 82.4 Å². The monoisotopic (exact) mass is 188 g/mol. The first-order valence-corrected chi connectivity index (χ1v) is 4.42. The van der Waals surface area contributed by atoms with Crippen LogP contribution in [-0.2, 0) is 5.54 Å². The molecule has 1 aromatic heterocycles. The minimum Gasteiger partial charge on any atom is -0.399 e. The summed E-state index contributed by atoms with van der Waals surface area (Å²) in [5.74, 6) is 0.625. The molecule has 14 heavy (non-hydrogen) atoms. The number of hydrogen-bond acceptors (Lipinski definition) is 4. The third-order valence-electron chi connectivity index (χ3n) is 2.23. The molecule has 0 saturated carbocycles. The van der Waals surface area contributed by atoms with Crippen molar-refractivity contribution in [3.8, 4) is 0 Å². The Morgan fingerprint density at radius 1 is 1.29 bits per heavy atom. The molecule has 0 amide bonds. The molecule has 4 nitrogen and oxygen atoms in total. The summed E-state index contributed by atoms with van der Waals surface area (Å²) in [6, 6.07) is 1.77. The zero-order chi connectivity index (χ0) is 10.0.